The summed E-state index contributed by atoms with van der Waals surface area (Å²) in [5, 5.41) is 8.51. The predicted octanol–water partition coefficient (Wildman–Crippen LogP) is 4.73. The van der Waals surface area contributed by atoms with E-state index in [2.05, 4.69) is 88.9 Å². The quantitative estimate of drug-likeness (QED) is 0.614. The van der Waals surface area contributed by atoms with E-state index in [0.29, 0.717) is 0 Å². The van der Waals surface area contributed by atoms with Gasteiger partial charge in [-0.15, -0.1) is 0 Å². The molecule has 0 fully saturated rings. The number of halogens is 1. The van der Waals surface area contributed by atoms with Crippen molar-refractivity contribution in [3.8, 4) is 16.9 Å². The second kappa shape index (κ2) is 5.67. The molecule has 0 saturated carbocycles. The maximum Gasteiger partial charge on any atom is 0.133 e. The third kappa shape index (κ3) is 2.45. The number of rotatable bonds is 2. The lowest BCUT2D eigenvalue weighted by molar-refractivity contribution is 0.873. The summed E-state index contributed by atoms with van der Waals surface area (Å²) in [6.45, 7) is 5.25. The smallest absolute Gasteiger partial charge is 0.133 e. The van der Waals surface area contributed by atoms with Crippen molar-refractivity contribution in [3.05, 3.63) is 62.7 Å². The maximum absolute atomic E-state index is 4.98. The monoisotopic (exact) mass is 415 g/mol. The molecule has 2 aromatic carbocycles. The van der Waals surface area contributed by atoms with Crippen molar-refractivity contribution in [2.24, 2.45) is 0 Å². The number of benzene rings is 2. The summed E-state index contributed by atoms with van der Waals surface area (Å²) in [5.41, 5.74) is 7.31. The molecule has 0 aliphatic carbocycles. The van der Waals surface area contributed by atoms with Gasteiger partial charge in [0.25, 0.3) is 0 Å². The third-order valence-electron chi connectivity index (χ3n) is 4.37. The number of hydrogen-bond acceptors (Lipinski definition) is 2. The molecule has 0 atom stereocenters. The van der Waals surface area contributed by atoms with Gasteiger partial charge in [-0.1, -0.05) is 30.3 Å². The first-order valence-electron chi connectivity index (χ1n) is 7.83. The van der Waals surface area contributed by atoms with E-state index >= 15 is 0 Å². The topological polar surface area (TPSA) is 29.9 Å². The van der Waals surface area contributed by atoms with Gasteiger partial charge in [0.15, 0.2) is 0 Å². The zero-order chi connectivity index (χ0) is 16.0. The second-order valence-electron chi connectivity index (χ2n) is 6.03. The van der Waals surface area contributed by atoms with Crippen molar-refractivity contribution in [3.63, 3.8) is 0 Å². The standard InChI is InChI=1S/C19H18IN3/c1-12-7-8-13(2)17(11-12)23-19-15(9-10-21-19)18(22-23)14-5-3-4-6-16(14)20/h3-8,11,21H,9-10H2,1-2H3. The van der Waals surface area contributed by atoms with Crippen molar-refractivity contribution in [2.75, 3.05) is 11.9 Å². The lowest BCUT2D eigenvalue weighted by Gasteiger charge is -2.10. The maximum atomic E-state index is 4.98. The third-order valence-corrected chi connectivity index (χ3v) is 5.31. The van der Waals surface area contributed by atoms with Gasteiger partial charge in [-0.2, -0.15) is 5.10 Å². The highest BCUT2D eigenvalue weighted by molar-refractivity contribution is 14.1. The number of aryl methyl sites for hydroxylation is 2. The van der Waals surface area contributed by atoms with Gasteiger partial charge >= 0.3 is 0 Å². The number of fused-ring (bicyclic) bond motifs is 1. The van der Waals surface area contributed by atoms with Crippen LogP contribution >= 0.6 is 22.6 Å². The van der Waals surface area contributed by atoms with Crippen molar-refractivity contribution in [2.45, 2.75) is 20.3 Å². The van der Waals surface area contributed by atoms with Crippen LogP contribution in [-0.2, 0) is 6.42 Å². The van der Waals surface area contributed by atoms with Gasteiger partial charge in [0, 0.05) is 21.2 Å². The highest BCUT2D eigenvalue weighted by Gasteiger charge is 2.25. The van der Waals surface area contributed by atoms with Crippen LogP contribution in [0, 0.1) is 17.4 Å². The zero-order valence-electron chi connectivity index (χ0n) is 13.2. The molecular formula is C19H18IN3. The molecule has 3 nitrogen and oxygen atoms in total. The van der Waals surface area contributed by atoms with Crippen molar-refractivity contribution < 1.29 is 0 Å². The van der Waals surface area contributed by atoms with Crippen LogP contribution in [0.1, 0.15) is 16.7 Å². The Morgan fingerprint density at radius 3 is 2.78 bits per heavy atom. The fraction of sp³-hybridized carbons (Fsp3) is 0.211. The summed E-state index contributed by atoms with van der Waals surface area (Å²) < 4.78 is 3.33. The van der Waals surface area contributed by atoms with E-state index in [1.165, 1.54) is 25.8 Å². The van der Waals surface area contributed by atoms with Crippen LogP contribution in [-0.4, -0.2) is 16.3 Å². The lowest BCUT2D eigenvalue weighted by Crippen LogP contribution is -2.06. The van der Waals surface area contributed by atoms with Crippen molar-refractivity contribution in [1.82, 2.24) is 9.78 Å². The molecule has 0 bridgehead atoms. The average molecular weight is 415 g/mol. The molecule has 0 unspecified atom stereocenters. The van der Waals surface area contributed by atoms with Gasteiger partial charge in [0.05, 0.1) is 11.4 Å². The zero-order valence-corrected chi connectivity index (χ0v) is 15.4. The number of anilines is 1. The minimum Gasteiger partial charge on any atom is -0.369 e. The number of hydrogen-bond donors (Lipinski definition) is 1. The Morgan fingerprint density at radius 1 is 1.13 bits per heavy atom. The van der Waals surface area contributed by atoms with Gasteiger partial charge in [-0.05, 0) is 66.1 Å². The van der Waals surface area contributed by atoms with Crippen LogP contribution in [0.3, 0.4) is 0 Å². The Balaban J connectivity index is 1.96. The molecule has 4 rings (SSSR count). The average Bonchev–Trinajstić information content (AvgIpc) is 3.13. The van der Waals surface area contributed by atoms with Gasteiger partial charge in [-0.25, -0.2) is 4.68 Å². The molecule has 0 amide bonds. The molecule has 0 spiro atoms. The highest BCUT2D eigenvalue weighted by atomic mass is 127. The number of aromatic nitrogens is 2. The number of nitrogens with zero attached hydrogens (tertiary/aromatic N) is 2. The minimum absolute atomic E-state index is 0.981. The van der Waals surface area contributed by atoms with Crippen LogP contribution in [0.25, 0.3) is 16.9 Å². The first kappa shape index (κ1) is 14.8. The fourth-order valence-corrected chi connectivity index (χ4v) is 3.81. The molecule has 4 heteroatoms. The lowest BCUT2D eigenvalue weighted by atomic mass is 10.1. The van der Waals surface area contributed by atoms with E-state index < -0.39 is 0 Å². The second-order valence-corrected chi connectivity index (χ2v) is 7.20. The first-order chi connectivity index (χ1) is 11.1. The van der Waals surface area contributed by atoms with Crippen LogP contribution in [0.15, 0.2) is 42.5 Å². The van der Waals surface area contributed by atoms with Gasteiger partial charge in [0.2, 0.25) is 0 Å². The molecule has 2 heterocycles. The van der Waals surface area contributed by atoms with Crippen LogP contribution < -0.4 is 5.32 Å². The van der Waals surface area contributed by atoms with E-state index in [9.17, 15) is 0 Å². The summed E-state index contributed by atoms with van der Waals surface area (Å²) in [4.78, 5) is 0. The fourth-order valence-electron chi connectivity index (χ4n) is 3.17. The number of nitrogens with one attached hydrogen (secondary N) is 1. The molecule has 116 valence electrons. The van der Waals surface area contributed by atoms with Crippen LogP contribution in [0.2, 0.25) is 0 Å². The predicted molar refractivity (Wildman–Crippen MR) is 103 cm³/mol. The summed E-state index contributed by atoms with van der Waals surface area (Å²) >= 11 is 2.40. The van der Waals surface area contributed by atoms with Gasteiger partial charge < -0.3 is 5.32 Å². The first-order valence-corrected chi connectivity index (χ1v) is 8.91. The Morgan fingerprint density at radius 2 is 1.96 bits per heavy atom. The Kier molecular flexibility index (Phi) is 3.64. The Hall–Kier alpha value is -1.82. The summed E-state index contributed by atoms with van der Waals surface area (Å²) in [6.07, 6.45) is 1.03. The van der Waals surface area contributed by atoms with E-state index in [0.717, 1.165) is 30.2 Å². The molecule has 0 radical (unpaired) electrons. The van der Waals surface area contributed by atoms with Gasteiger partial charge in [0.1, 0.15) is 5.82 Å². The van der Waals surface area contributed by atoms with E-state index in [1.807, 2.05) is 0 Å². The summed E-state index contributed by atoms with van der Waals surface area (Å²) in [5.74, 6) is 1.15. The molecule has 1 N–H and O–H groups in total. The van der Waals surface area contributed by atoms with E-state index in [4.69, 9.17) is 5.10 Å². The van der Waals surface area contributed by atoms with E-state index in [1.54, 1.807) is 0 Å². The van der Waals surface area contributed by atoms with E-state index in [-0.39, 0.29) is 0 Å². The van der Waals surface area contributed by atoms with Crippen molar-refractivity contribution in [1.29, 1.82) is 0 Å². The van der Waals surface area contributed by atoms with Gasteiger partial charge in [-0.3, -0.25) is 0 Å². The SMILES string of the molecule is Cc1ccc(C)c(-n2nc(-c3ccccc3I)c3c2NCC3)c1. The minimum atomic E-state index is 0.981. The molecule has 23 heavy (non-hydrogen) atoms. The Bertz CT molecular complexity index is 896. The van der Waals surface area contributed by atoms with Crippen LogP contribution in [0.5, 0.6) is 0 Å². The Labute approximate surface area is 149 Å². The van der Waals surface area contributed by atoms with Crippen molar-refractivity contribution >= 4 is 28.4 Å². The molecule has 3 aromatic rings. The molecule has 1 aliphatic heterocycles. The summed E-state index contributed by atoms with van der Waals surface area (Å²) in [7, 11) is 0. The molecular weight excluding hydrogens is 397 g/mol. The molecule has 0 saturated heterocycles. The van der Waals surface area contributed by atoms with Crippen LogP contribution in [0.4, 0.5) is 5.82 Å². The normalized spacial score (nSPS) is 13.0. The highest BCUT2D eigenvalue weighted by Crippen LogP contribution is 2.36. The molecule has 1 aromatic heterocycles. The molecule has 1 aliphatic rings. The summed E-state index contributed by atoms with van der Waals surface area (Å²) in [6, 6.07) is 15.0. The largest absolute Gasteiger partial charge is 0.369 e.